The van der Waals surface area contributed by atoms with E-state index in [1.807, 2.05) is 0 Å². The van der Waals surface area contributed by atoms with Crippen molar-refractivity contribution in [3.63, 3.8) is 0 Å². The van der Waals surface area contributed by atoms with Crippen LogP contribution in [0.3, 0.4) is 0 Å². The van der Waals surface area contributed by atoms with Gasteiger partial charge < -0.3 is 10.3 Å². The second kappa shape index (κ2) is 4.75. The summed E-state index contributed by atoms with van der Waals surface area (Å²) in [6.45, 7) is 6.26. The zero-order chi connectivity index (χ0) is 13.5. The third-order valence-corrected chi connectivity index (χ3v) is 4.69. The summed E-state index contributed by atoms with van der Waals surface area (Å²) in [7, 11) is 0. The van der Waals surface area contributed by atoms with Crippen LogP contribution in [0.2, 0.25) is 0 Å². The molecule has 0 saturated heterocycles. The minimum atomic E-state index is 0.0667. The fraction of sp³-hybridized carbons (Fsp3) is 0.733. The molecule has 0 amide bonds. The number of rotatable bonds is 1. The molecule has 1 aromatic rings. The molecule has 0 radical (unpaired) electrons. The van der Waals surface area contributed by atoms with E-state index in [9.17, 15) is 4.79 Å². The molecule has 1 saturated carbocycles. The summed E-state index contributed by atoms with van der Waals surface area (Å²) in [5, 5.41) is 3.23. The lowest BCUT2D eigenvalue weighted by molar-refractivity contribution is 0.220. The van der Waals surface area contributed by atoms with Gasteiger partial charge in [0.15, 0.2) is 0 Å². The van der Waals surface area contributed by atoms with Crippen LogP contribution in [0, 0.1) is 5.41 Å². The average molecular weight is 261 g/mol. The Bertz CT molecular complexity index is 523. The number of nitrogens with zero attached hydrogens (tertiary/aromatic N) is 1. The van der Waals surface area contributed by atoms with Gasteiger partial charge in [0, 0.05) is 25.4 Å². The molecule has 0 atom stereocenters. The zero-order valence-electron chi connectivity index (χ0n) is 11.9. The minimum absolute atomic E-state index is 0.0667. The lowest BCUT2D eigenvalue weighted by Gasteiger charge is -2.34. The highest BCUT2D eigenvalue weighted by Crippen LogP contribution is 2.41. The number of H-pyrrole nitrogens is 1. The summed E-state index contributed by atoms with van der Waals surface area (Å²) in [4.78, 5) is 19.9. The molecule has 19 heavy (non-hydrogen) atoms. The second-order valence-electron chi connectivity index (χ2n) is 6.74. The smallest absolute Gasteiger partial charge is 0.255 e. The summed E-state index contributed by atoms with van der Waals surface area (Å²) in [6, 6.07) is 0. The Morgan fingerprint density at radius 3 is 2.74 bits per heavy atom. The van der Waals surface area contributed by atoms with Crippen LogP contribution in [0.1, 0.15) is 62.5 Å². The number of hydrogen-bond donors (Lipinski definition) is 2. The van der Waals surface area contributed by atoms with E-state index in [2.05, 4.69) is 24.1 Å². The van der Waals surface area contributed by atoms with Crippen molar-refractivity contribution in [2.45, 2.75) is 58.4 Å². The van der Waals surface area contributed by atoms with Crippen LogP contribution in [0.15, 0.2) is 4.79 Å². The lowest BCUT2D eigenvalue weighted by Crippen LogP contribution is -2.33. The highest BCUT2D eigenvalue weighted by atomic mass is 16.1. The predicted octanol–water partition coefficient (Wildman–Crippen LogP) is 2.10. The maximum atomic E-state index is 12.1. The molecule has 104 valence electrons. The third kappa shape index (κ3) is 2.59. The Hall–Kier alpha value is -1.16. The molecular formula is C15H23N3O. The van der Waals surface area contributed by atoms with Crippen molar-refractivity contribution >= 4 is 0 Å². The number of aromatic amines is 1. The summed E-state index contributed by atoms with van der Waals surface area (Å²) in [5.41, 5.74) is 2.38. The van der Waals surface area contributed by atoms with Crippen LogP contribution < -0.4 is 10.9 Å². The first-order valence-corrected chi connectivity index (χ1v) is 7.38. The molecule has 0 unspecified atom stereocenters. The van der Waals surface area contributed by atoms with E-state index in [1.165, 1.54) is 12.8 Å². The quantitative estimate of drug-likeness (QED) is 0.814. The van der Waals surface area contributed by atoms with Gasteiger partial charge in [-0.2, -0.15) is 0 Å². The Balaban J connectivity index is 1.86. The fourth-order valence-electron chi connectivity index (χ4n) is 3.24. The molecule has 3 rings (SSSR count). The zero-order valence-corrected chi connectivity index (χ0v) is 11.9. The summed E-state index contributed by atoms with van der Waals surface area (Å²) in [5.74, 6) is 1.38. The van der Waals surface area contributed by atoms with Crippen LogP contribution in [0.4, 0.5) is 0 Å². The summed E-state index contributed by atoms with van der Waals surface area (Å²) >= 11 is 0. The summed E-state index contributed by atoms with van der Waals surface area (Å²) in [6.07, 6.45) is 5.62. The number of nitrogens with one attached hydrogen (secondary N) is 2. The molecule has 0 bridgehead atoms. The number of fused-ring (bicyclic) bond motifs is 1. The first-order valence-electron chi connectivity index (χ1n) is 7.38. The van der Waals surface area contributed by atoms with Gasteiger partial charge in [0.1, 0.15) is 5.82 Å². The number of hydrogen-bond acceptors (Lipinski definition) is 3. The van der Waals surface area contributed by atoms with Crippen LogP contribution in [-0.4, -0.2) is 16.5 Å². The van der Waals surface area contributed by atoms with Gasteiger partial charge in [0.25, 0.3) is 5.56 Å². The maximum absolute atomic E-state index is 12.1. The Kier molecular flexibility index (Phi) is 3.21. The largest absolute Gasteiger partial charge is 0.312 e. The molecule has 1 aliphatic carbocycles. The van der Waals surface area contributed by atoms with Crippen LogP contribution >= 0.6 is 0 Å². The first kappa shape index (κ1) is 12.9. The van der Waals surface area contributed by atoms with Gasteiger partial charge in [0.2, 0.25) is 0 Å². The third-order valence-electron chi connectivity index (χ3n) is 4.69. The van der Waals surface area contributed by atoms with Gasteiger partial charge in [-0.15, -0.1) is 0 Å². The lowest BCUT2D eigenvalue weighted by atomic mass is 9.73. The SMILES string of the molecule is CC1(C)CCC(c2nc3c(c(=O)[nH]2)CNCC3)CC1. The van der Waals surface area contributed by atoms with E-state index >= 15 is 0 Å². The molecule has 4 nitrogen and oxygen atoms in total. The number of aromatic nitrogens is 2. The van der Waals surface area contributed by atoms with Crippen molar-refractivity contribution in [2.75, 3.05) is 6.54 Å². The normalized spacial score (nSPS) is 23.1. The van der Waals surface area contributed by atoms with Crippen LogP contribution in [0.25, 0.3) is 0 Å². The van der Waals surface area contributed by atoms with E-state index < -0.39 is 0 Å². The van der Waals surface area contributed by atoms with Gasteiger partial charge in [-0.05, 0) is 31.1 Å². The van der Waals surface area contributed by atoms with E-state index in [0.717, 1.165) is 42.9 Å². The van der Waals surface area contributed by atoms with E-state index in [4.69, 9.17) is 4.98 Å². The van der Waals surface area contributed by atoms with E-state index in [1.54, 1.807) is 0 Å². The average Bonchev–Trinajstić information content (AvgIpc) is 2.38. The summed E-state index contributed by atoms with van der Waals surface area (Å²) < 4.78 is 0. The molecule has 4 heteroatoms. The van der Waals surface area contributed by atoms with Crippen LogP contribution in [0.5, 0.6) is 0 Å². The fourth-order valence-corrected chi connectivity index (χ4v) is 3.24. The molecule has 2 heterocycles. The van der Waals surface area contributed by atoms with E-state index in [0.29, 0.717) is 17.9 Å². The molecule has 0 aromatic carbocycles. The minimum Gasteiger partial charge on any atom is -0.312 e. The van der Waals surface area contributed by atoms with Crippen molar-refractivity contribution in [1.82, 2.24) is 15.3 Å². The Morgan fingerprint density at radius 2 is 2.00 bits per heavy atom. The monoisotopic (exact) mass is 261 g/mol. The molecule has 2 aliphatic rings. The topological polar surface area (TPSA) is 57.8 Å². The first-order chi connectivity index (χ1) is 9.05. The van der Waals surface area contributed by atoms with Gasteiger partial charge in [-0.3, -0.25) is 4.79 Å². The molecule has 1 fully saturated rings. The molecule has 0 spiro atoms. The van der Waals surface area contributed by atoms with Crippen molar-refractivity contribution in [1.29, 1.82) is 0 Å². The van der Waals surface area contributed by atoms with Crippen molar-refractivity contribution in [2.24, 2.45) is 5.41 Å². The maximum Gasteiger partial charge on any atom is 0.255 e. The molecule has 1 aromatic heterocycles. The highest BCUT2D eigenvalue weighted by molar-refractivity contribution is 5.21. The van der Waals surface area contributed by atoms with Crippen LogP contribution in [-0.2, 0) is 13.0 Å². The second-order valence-corrected chi connectivity index (χ2v) is 6.74. The van der Waals surface area contributed by atoms with Crippen molar-refractivity contribution in [3.8, 4) is 0 Å². The van der Waals surface area contributed by atoms with Gasteiger partial charge in [-0.25, -0.2) is 4.98 Å². The Morgan fingerprint density at radius 1 is 1.26 bits per heavy atom. The van der Waals surface area contributed by atoms with E-state index in [-0.39, 0.29) is 5.56 Å². The van der Waals surface area contributed by atoms with Crippen molar-refractivity contribution < 1.29 is 0 Å². The standard InChI is InChI=1S/C15H23N3O/c1-15(2)6-3-10(4-7-15)13-17-12-5-8-16-9-11(12)14(19)18-13/h10,16H,3-9H2,1-2H3,(H,17,18,19). The van der Waals surface area contributed by atoms with Gasteiger partial charge in [-0.1, -0.05) is 13.8 Å². The Labute approximate surface area is 114 Å². The molecule has 1 aliphatic heterocycles. The molecular weight excluding hydrogens is 238 g/mol. The highest BCUT2D eigenvalue weighted by Gasteiger charge is 2.29. The predicted molar refractivity (Wildman–Crippen MR) is 75.3 cm³/mol. The molecule has 2 N–H and O–H groups in total. The van der Waals surface area contributed by atoms with Crippen molar-refractivity contribution in [3.05, 3.63) is 27.4 Å². The van der Waals surface area contributed by atoms with Gasteiger partial charge >= 0.3 is 0 Å². The van der Waals surface area contributed by atoms with Gasteiger partial charge in [0.05, 0.1) is 11.3 Å².